The predicted octanol–water partition coefficient (Wildman–Crippen LogP) is 0.825. The van der Waals surface area contributed by atoms with E-state index in [0.29, 0.717) is 6.42 Å². The first-order valence-electron chi connectivity index (χ1n) is 12.7. The van der Waals surface area contributed by atoms with Gasteiger partial charge in [-0.3, -0.25) is 9.69 Å². The third kappa shape index (κ3) is 2.28. The number of likely N-dealkylation sites (tertiary alicyclic amines) is 1. The number of hydrogen-bond acceptors (Lipinski definition) is 8. The molecule has 7 bridgehead atoms. The number of likely N-dealkylation sites (N-methyl/N-ethyl adjacent to an activating group) is 1. The number of fused-ring (bicyclic) bond motifs is 2. The monoisotopic (exact) mass is 465 g/mol. The molecule has 0 aromatic heterocycles. The molecule has 1 aliphatic heterocycles. The molecule has 6 rings (SSSR count). The average Bonchev–Trinajstić information content (AvgIpc) is 3.19. The van der Waals surface area contributed by atoms with Crippen molar-refractivity contribution in [1.29, 1.82) is 0 Å². The zero-order chi connectivity index (χ0) is 23.5. The van der Waals surface area contributed by atoms with Crippen LogP contribution < -0.4 is 0 Å². The number of hydrogen-bond donors (Lipinski definition) is 2. The normalized spacial score (nSPS) is 58.4. The minimum Gasteiger partial charge on any atom is -0.459 e. The Balaban J connectivity index is 1.66. The Bertz CT molecular complexity index is 840. The highest BCUT2D eigenvalue weighted by molar-refractivity contribution is 5.66. The molecule has 8 nitrogen and oxygen atoms in total. The Kier molecular flexibility index (Phi) is 4.91. The van der Waals surface area contributed by atoms with Gasteiger partial charge in [-0.15, -0.1) is 0 Å². The van der Waals surface area contributed by atoms with Crippen LogP contribution in [0.15, 0.2) is 0 Å². The van der Waals surface area contributed by atoms with Crippen LogP contribution in [0.3, 0.4) is 0 Å². The van der Waals surface area contributed by atoms with Gasteiger partial charge in [0.15, 0.2) is 0 Å². The predicted molar refractivity (Wildman–Crippen MR) is 117 cm³/mol. The van der Waals surface area contributed by atoms with Crippen molar-refractivity contribution in [2.24, 2.45) is 35.0 Å². The molecule has 6 aliphatic rings. The maximum Gasteiger partial charge on any atom is 0.303 e. The van der Waals surface area contributed by atoms with Gasteiger partial charge in [-0.05, 0) is 37.6 Å². The quantitative estimate of drug-likeness (QED) is 0.576. The SMILES string of the molecule is CCN1C[C@@H]2CC[C@H](OC)[C@@]34[C@@H]2[C@H](OC(C)=O)[C@@](O)([C@@H]13)[C@@]1(O)C[C@H](OC)[C@H]2C[C@@H]4[C@@H]1[C@H]2OC. The van der Waals surface area contributed by atoms with E-state index in [0.717, 1.165) is 32.4 Å². The number of carbonyl (C=O) groups excluding carboxylic acids is 1. The van der Waals surface area contributed by atoms with E-state index in [1.54, 1.807) is 21.3 Å². The van der Waals surface area contributed by atoms with Crippen LogP contribution >= 0.6 is 0 Å². The molecule has 13 atom stereocenters. The highest BCUT2D eigenvalue weighted by Crippen LogP contribution is 2.78. The minimum atomic E-state index is -1.63. The molecule has 186 valence electrons. The summed E-state index contributed by atoms with van der Waals surface area (Å²) in [4.78, 5) is 14.8. The van der Waals surface area contributed by atoms with Crippen LogP contribution in [0, 0.1) is 35.0 Å². The first-order valence-corrected chi connectivity index (χ1v) is 12.7. The zero-order valence-corrected chi connectivity index (χ0v) is 20.4. The average molecular weight is 466 g/mol. The van der Waals surface area contributed by atoms with E-state index >= 15 is 0 Å². The highest BCUT2D eigenvalue weighted by Gasteiger charge is 2.90. The molecule has 33 heavy (non-hydrogen) atoms. The van der Waals surface area contributed by atoms with Crippen LogP contribution in [0.2, 0.25) is 0 Å². The fraction of sp³-hybridized carbons (Fsp3) is 0.960. The van der Waals surface area contributed by atoms with E-state index in [2.05, 4.69) is 11.8 Å². The molecule has 2 N–H and O–H groups in total. The summed E-state index contributed by atoms with van der Waals surface area (Å²) in [5, 5.41) is 25.6. The lowest BCUT2D eigenvalue weighted by molar-refractivity contribution is -0.314. The number of ether oxygens (including phenoxy) is 4. The van der Waals surface area contributed by atoms with Gasteiger partial charge in [-0.1, -0.05) is 6.92 Å². The van der Waals surface area contributed by atoms with Crippen LogP contribution in [0.25, 0.3) is 0 Å². The van der Waals surface area contributed by atoms with Gasteiger partial charge in [0.1, 0.15) is 17.3 Å². The lowest BCUT2D eigenvalue weighted by Gasteiger charge is -2.68. The van der Waals surface area contributed by atoms with Crippen molar-refractivity contribution in [2.45, 2.75) is 81.2 Å². The summed E-state index contributed by atoms with van der Waals surface area (Å²) >= 11 is 0. The van der Waals surface area contributed by atoms with E-state index in [1.165, 1.54) is 6.92 Å². The van der Waals surface area contributed by atoms with E-state index in [4.69, 9.17) is 18.9 Å². The highest BCUT2D eigenvalue weighted by atomic mass is 16.6. The summed E-state index contributed by atoms with van der Waals surface area (Å²) in [6, 6.07) is -0.344. The molecular weight excluding hydrogens is 426 g/mol. The zero-order valence-electron chi connectivity index (χ0n) is 20.4. The van der Waals surface area contributed by atoms with Crippen LogP contribution in [0.4, 0.5) is 0 Å². The van der Waals surface area contributed by atoms with Crippen molar-refractivity contribution in [3.8, 4) is 0 Å². The van der Waals surface area contributed by atoms with Gasteiger partial charge in [-0.2, -0.15) is 0 Å². The molecule has 0 aromatic rings. The molecule has 1 saturated heterocycles. The van der Waals surface area contributed by atoms with Gasteiger partial charge >= 0.3 is 5.97 Å². The van der Waals surface area contributed by atoms with Crippen LogP contribution in [-0.4, -0.2) is 97.2 Å². The molecule has 0 amide bonds. The van der Waals surface area contributed by atoms with Crippen molar-refractivity contribution in [3.05, 3.63) is 0 Å². The molecule has 1 heterocycles. The number of piperidine rings is 1. The molecule has 5 aliphatic carbocycles. The fourth-order valence-corrected chi connectivity index (χ4v) is 10.6. The first kappa shape index (κ1) is 22.7. The summed E-state index contributed by atoms with van der Waals surface area (Å²) in [7, 11) is 5.16. The van der Waals surface area contributed by atoms with Gasteiger partial charge in [-0.25, -0.2) is 0 Å². The van der Waals surface area contributed by atoms with Crippen LogP contribution in [-0.2, 0) is 23.7 Å². The summed E-state index contributed by atoms with van der Waals surface area (Å²) in [5.41, 5.74) is -3.52. The molecule has 0 radical (unpaired) electrons. The van der Waals surface area contributed by atoms with Crippen molar-refractivity contribution in [2.75, 3.05) is 34.4 Å². The van der Waals surface area contributed by atoms with Gasteiger partial charge in [0, 0.05) is 64.4 Å². The maximum atomic E-state index is 12.9. The number of carbonyl (C=O) groups is 1. The minimum absolute atomic E-state index is 0.0465. The first-order chi connectivity index (χ1) is 15.7. The number of methoxy groups -OCH3 is 3. The largest absolute Gasteiger partial charge is 0.459 e. The molecule has 0 aromatic carbocycles. The lowest BCUT2D eigenvalue weighted by atomic mass is 9.45. The van der Waals surface area contributed by atoms with E-state index in [9.17, 15) is 15.0 Å². The van der Waals surface area contributed by atoms with Gasteiger partial charge < -0.3 is 29.2 Å². The van der Waals surface area contributed by atoms with Crippen molar-refractivity contribution in [3.63, 3.8) is 0 Å². The van der Waals surface area contributed by atoms with Crippen LogP contribution in [0.1, 0.15) is 39.5 Å². The number of esters is 1. The van der Waals surface area contributed by atoms with Crippen LogP contribution in [0.5, 0.6) is 0 Å². The summed E-state index contributed by atoms with van der Waals surface area (Å²) in [6.07, 6.45) is 1.79. The molecule has 8 heteroatoms. The molecule has 5 saturated carbocycles. The Labute approximate surface area is 195 Å². The third-order valence-corrected chi connectivity index (χ3v) is 11.1. The Morgan fingerprint density at radius 1 is 1.09 bits per heavy atom. The number of aliphatic hydroxyl groups is 2. The lowest BCUT2D eigenvalue weighted by Crippen LogP contribution is -2.81. The molecule has 0 unspecified atom stereocenters. The second-order valence-electron chi connectivity index (χ2n) is 11.6. The molecule has 1 spiro atoms. The third-order valence-electron chi connectivity index (χ3n) is 11.1. The smallest absolute Gasteiger partial charge is 0.303 e. The standard InChI is InChI=1S/C25H39NO7/c1-6-26-11-13-7-8-17(31-4)24-15-9-14-16(30-3)10-23(28,19(15)20(14)32-5)25(29,22(24)26)21(18(13)24)33-12(2)27/h13-22,28-29H,6-11H2,1-5H3/t13-,14+,15+,16-,17-,18-,19+,20-,21-,22-,23+,24-,25+/m0/s1. The van der Waals surface area contributed by atoms with Crippen molar-refractivity contribution >= 4 is 5.97 Å². The Morgan fingerprint density at radius 2 is 1.85 bits per heavy atom. The summed E-state index contributed by atoms with van der Waals surface area (Å²) in [6.45, 7) is 5.14. The molecular formula is C25H39NO7. The Hall–Kier alpha value is -0.770. The fourth-order valence-electron chi connectivity index (χ4n) is 10.6. The van der Waals surface area contributed by atoms with Gasteiger partial charge in [0.05, 0.1) is 24.4 Å². The van der Waals surface area contributed by atoms with Crippen molar-refractivity contribution < 1.29 is 34.0 Å². The van der Waals surface area contributed by atoms with E-state index in [1.807, 2.05) is 0 Å². The summed E-state index contributed by atoms with van der Waals surface area (Å²) < 4.78 is 24.3. The van der Waals surface area contributed by atoms with Gasteiger partial charge in [0.2, 0.25) is 0 Å². The second kappa shape index (κ2) is 7.14. The van der Waals surface area contributed by atoms with Crippen molar-refractivity contribution in [1.82, 2.24) is 4.90 Å². The second-order valence-corrected chi connectivity index (χ2v) is 11.6. The topological polar surface area (TPSA) is 97.7 Å². The number of nitrogens with zero attached hydrogens (tertiary/aromatic N) is 1. The maximum absolute atomic E-state index is 12.9. The summed E-state index contributed by atoms with van der Waals surface area (Å²) in [5.74, 6) is -0.172. The van der Waals surface area contributed by atoms with Gasteiger partial charge in [0.25, 0.3) is 0 Å². The molecule has 6 fully saturated rings. The number of rotatable bonds is 5. The van der Waals surface area contributed by atoms with E-state index in [-0.39, 0.29) is 53.9 Å². The van der Waals surface area contributed by atoms with E-state index < -0.39 is 28.7 Å². The Morgan fingerprint density at radius 3 is 2.45 bits per heavy atom.